The number of hydrogen-bond acceptors (Lipinski definition) is 3. The standard InChI is InChI=1S/C18H28F2N4O.HI/c1-13(2)24-9-6-14(7-10-24)23-18(21-3)22-8-11-25-15-4-5-16(19)17(20)12-15;/h4-5,12-14H,6-11H2,1-3H3,(H2,21,22,23);1H. The summed E-state index contributed by atoms with van der Waals surface area (Å²) in [6.45, 7) is 7.47. The Morgan fingerprint density at radius 3 is 2.54 bits per heavy atom. The predicted molar refractivity (Wildman–Crippen MR) is 111 cm³/mol. The molecule has 0 bridgehead atoms. The van der Waals surface area contributed by atoms with Crippen molar-refractivity contribution in [1.29, 1.82) is 0 Å². The monoisotopic (exact) mass is 482 g/mol. The molecular weight excluding hydrogens is 453 g/mol. The fourth-order valence-electron chi connectivity index (χ4n) is 2.85. The van der Waals surface area contributed by atoms with E-state index in [1.807, 2.05) is 0 Å². The van der Waals surface area contributed by atoms with E-state index in [4.69, 9.17) is 4.74 Å². The fourth-order valence-corrected chi connectivity index (χ4v) is 2.85. The number of rotatable bonds is 6. The van der Waals surface area contributed by atoms with Gasteiger partial charge >= 0.3 is 0 Å². The second-order valence-electron chi connectivity index (χ2n) is 6.47. The van der Waals surface area contributed by atoms with Crippen LogP contribution in [-0.2, 0) is 0 Å². The van der Waals surface area contributed by atoms with Crippen LogP contribution in [0, 0.1) is 11.6 Å². The molecule has 5 nitrogen and oxygen atoms in total. The third-order valence-electron chi connectivity index (χ3n) is 4.38. The van der Waals surface area contributed by atoms with Crippen molar-refractivity contribution >= 4 is 29.9 Å². The summed E-state index contributed by atoms with van der Waals surface area (Å²) in [7, 11) is 1.73. The maximum Gasteiger partial charge on any atom is 0.191 e. The highest BCUT2D eigenvalue weighted by Crippen LogP contribution is 2.15. The van der Waals surface area contributed by atoms with Crippen LogP contribution < -0.4 is 15.4 Å². The third kappa shape index (κ3) is 7.22. The quantitative estimate of drug-likeness (QED) is 0.284. The number of guanidine groups is 1. The van der Waals surface area contributed by atoms with Crippen LogP contribution in [0.1, 0.15) is 26.7 Å². The van der Waals surface area contributed by atoms with Gasteiger partial charge in [-0.05, 0) is 38.8 Å². The number of likely N-dealkylation sites (tertiary alicyclic amines) is 1. The highest BCUT2D eigenvalue weighted by molar-refractivity contribution is 14.0. The topological polar surface area (TPSA) is 48.9 Å². The maximum atomic E-state index is 13.1. The Morgan fingerprint density at radius 2 is 1.96 bits per heavy atom. The van der Waals surface area contributed by atoms with E-state index in [9.17, 15) is 8.78 Å². The molecule has 26 heavy (non-hydrogen) atoms. The van der Waals surface area contributed by atoms with Crippen LogP contribution >= 0.6 is 24.0 Å². The molecule has 0 radical (unpaired) electrons. The minimum atomic E-state index is -0.907. The summed E-state index contributed by atoms with van der Waals surface area (Å²) in [6, 6.07) is 4.52. The number of benzene rings is 1. The van der Waals surface area contributed by atoms with Crippen molar-refractivity contribution < 1.29 is 13.5 Å². The molecule has 148 valence electrons. The van der Waals surface area contributed by atoms with Crippen LogP contribution in [0.4, 0.5) is 8.78 Å². The molecule has 0 aromatic heterocycles. The number of ether oxygens (including phenoxy) is 1. The molecule has 0 amide bonds. The van der Waals surface area contributed by atoms with Gasteiger partial charge in [-0.15, -0.1) is 24.0 Å². The van der Waals surface area contributed by atoms with E-state index >= 15 is 0 Å². The van der Waals surface area contributed by atoms with Gasteiger partial charge in [0.15, 0.2) is 17.6 Å². The summed E-state index contributed by atoms with van der Waals surface area (Å²) < 4.78 is 31.4. The van der Waals surface area contributed by atoms with E-state index in [0.717, 1.165) is 44.0 Å². The average Bonchev–Trinajstić information content (AvgIpc) is 2.61. The molecule has 8 heteroatoms. The van der Waals surface area contributed by atoms with Crippen LogP contribution in [0.5, 0.6) is 5.75 Å². The number of halogens is 3. The third-order valence-corrected chi connectivity index (χ3v) is 4.38. The number of piperidine rings is 1. The van der Waals surface area contributed by atoms with E-state index in [1.165, 1.54) is 6.07 Å². The van der Waals surface area contributed by atoms with Crippen LogP contribution in [-0.4, -0.2) is 56.2 Å². The molecule has 1 heterocycles. The van der Waals surface area contributed by atoms with Gasteiger partial charge in [0.05, 0.1) is 6.54 Å². The molecule has 0 saturated carbocycles. The average molecular weight is 482 g/mol. The lowest BCUT2D eigenvalue weighted by atomic mass is 10.0. The first-order valence-electron chi connectivity index (χ1n) is 8.78. The molecule has 1 fully saturated rings. The molecule has 0 atom stereocenters. The molecule has 1 saturated heterocycles. The van der Waals surface area contributed by atoms with E-state index < -0.39 is 11.6 Å². The van der Waals surface area contributed by atoms with Crippen molar-refractivity contribution in [3.63, 3.8) is 0 Å². The number of nitrogens with zero attached hydrogens (tertiary/aromatic N) is 2. The summed E-state index contributed by atoms with van der Waals surface area (Å²) in [6.07, 6.45) is 2.18. The molecule has 0 aliphatic carbocycles. The normalized spacial score (nSPS) is 16.3. The zero-order valence-corrected chi connectivity index (χ0v) is 17.9. The molecule has 1 aliphatic rings. The lowest BCUT2D eigenvalue weighted by Gasteiger charge is -2.35. The minimum Gasteiger partial charge on any atom is -0.492 e. The number of aliphatic imine (C=N–C) groups is 1. The Hall–Kier alpha value is -1.16. The molecule has 1 aromatic rings. The summed E-state index contributed by atoms with van der Waals surface area (Å²) in [5.74, 6) is -0.740. The van der Waals surface area contributed by atoms with Gasteiger partial charge in [0.25, 0.3) is 0 Å². The first-order chi connectivity index (χ1) is 12.0. The Labute approximate surface area is 171 Å². The first-order valence-corrected chi connectivity index (χ1v) is 8.78. The summed E-state index contributed by atoms with van der Waals surface area (Å²) >= 11 is 0. The first kappa shape index (κ1) is 22.9. The zero-order valence-electron chi connectivity index (χ0n) is 15.6. The maximum absolute atomic E-state index is 13.1. The molecule has 0 spiro atoms. The predicted octanol–water partition coefficient (Wildman–Crippen LogP) is 3.00. The van der Waals surface area contributed by atoms with Crippen molar-refractivity contribution in [2.45, 2.75) is 38.8 Å². The van der Waals surface area contributed by atoms with Gasteiger partial charge in [0.1, 0.15) is 12.4 Å². The van der Waals surface area contributed by atoms with E-state index in [1.54, 1.807) is 7.05 Å². The molecule has 1 aliphatic heterocycles. The van der Waals surface area contributed by atoms with Crippen LogP contribution in [0.25, 0.3) is 0 Å². The lowest BCUT2D eigenvalue weighted by Crippen LogP contribution is -2.50. The summed E-state index contributed by atoms with van der Waals surface area (Å²) in [5.41, 5.74) is 0. The zero-order chi connectivity index (χ0) is 18.2. The van der Waals surface area contributed by atoms with Gasteiger partial charge < -0.3 is 20.3 Å². The van der Waals surface area contributed by atoms with Crippen molar-refractivity contribution in [1.82, 2.24) is 15.5 Å². The highest BCUT2D eigenvalue weighted by atomic mass is 127. The van der Waals surface area contributed by atoms with Gasteiger partial charge in [0.2, 0.25) is 0 Å². The Kier molecular flexibility index (Phi) is 10.1. The van der Waals surface area contributed by atoms with Gasteiger partial charge in [-0.25, -0.2) is 8.78 Å². The summed E-state index contributed by atoms with van der Waals surface area (Å²) in [5, 5.41) is 6.61. The van der Waals surface area contributed by atoms with Crippen LogP contribution in [0.2, 0.25) is 0 Å². The van der Waals surface area contributed by atoms with Crippen molar-refractivity contribution in [2.24, 2.45) is 4.99 Å². The van der Waals surface area contributed by atoms with Crippen molar-refractivity contribution in [3.8, 4) is 5.75 Å². The Bertz CT molecular complexity index is 578. The highest BCUT2D eigenvalue weighted by Gasteiger charge is 2.21. The largest absolute Gasteiger partial charge is 0.492 e. The second kappa shape index (κ2) is 11.5. The number of nitrogens with one attached hydrogen (secondary N) is 2. The molecular formula is C18H29F2IN4O. The SMILES string of the molecule is CN=C(NCCOc1ccc(F)c(F)c1)NC1CCN(C(C)C)CC1.I. The smallest absolute Gasteiger partial charge is 0.191 e. The van der Waals surface area contributed by atoms with Crippen LogP contribution in [0.15, 0.2) is 23.2 Å². The van der Waals surface area contributed by atoms with Gasteiger partial charge in [-0.1, -0.05) is 0 Å². The fraction of sp³-hybridized carbons (Fsp3) is 0.611. The molecule has 1 aromatic carbocycles. The van der Waals surface area contributed by atoms with Gasteiger partial charge in [0, 0.05) is 38.3 Å². The molecule has 0 unspecified atom stereocenters. The van der Waals surface area contributed by atoms with Gasteiger partial charge in [-0.3, -0.25) is 4.99 Å². The second-order valence-corrected chi connectivity index (χ2v) is 6.47. The van der Waals surface area contributed by atoms with E-state index in [0.29, 0.717) is 31.0 Å². The molecule has 2 N–H and O–H groups in total. The Morgan fingerprint density at radius 1 is 1.27 bits per heavy atom. The van der Waals surface area contributed by atoms with E-state index in [-0.39, 0.29) is 24.0 Å². The summed E-state index contributed by atoms with van der Waals surface area (Å²) in [4.78, 5) is 6.70. The molecule has 2 rings (SSSR count). The van der Waals surface area contributed by atoms with Gasteiger partial charge in [-0.2, -0.15) is 0 Å². The number of hydrogen-bond donors (Lipinski definition) is 2. The lowest BCUT2D eigenvalue weighted by molar-refractivity contribution is 0.167. The van der Waals surface area contributed by atoms with Crippen LogP contribution in [0.3, 0.4) is 0 Å². The van der Waals surface area contributed by atoms with E-state index in [2.05, 4.69) is 34.4 Å². The minimum absolute atomic E-state index is 0. The van der Waals surface area contributed by atoms with Crippen molar-refractivity contribution in [2.75, 3.05) is 33.3 Å². The van der Waals surface area contributed by atoms with Crippen molar-refractivity contribution in [3.05, 3.63) is 29.8 Å². The Balaban J connectivity index is 0.00000338.